The summed E-state index contributed by atoms with van der Waals surface area (Å²) in [5.74, 6) is 0. The van der Waals surface area contributed by atoms with Crippen LogP contribution in [0.5, 0.6) is 0 Å². The molecule has 13 heavy (non-hydrogen) atoms. The van der Waals surface area contributed by atoms with E-state index in [9.17, 15) is 0 Å². The van der Waals surface area contributed by atoms with Gasteiger partial charge in [0.15, 0.2) is 0 Å². The smallest absolute Gasteiger partial charge is 0.0853 e. The van der Waals surface area contributed by atoms with Gasteiger partial charge in [0.1, 0.15) is 0 Å². The van der Waals surface area contributed by atoms with E-state index >= 15 is 0 Å². The molecule has 1 rings (SSSR count). The van der Waals surface area contributed by atoms with Gasteiger partial charge in [-0.3, -0.25) is 4.98 Å². The highest BCUT2D eigenvalue weighted by molar-refractivity contribution is 7.80. The zero-order valence-electron chi connectivity index (χ0n) is 7.45. The average molecular weight is 196 g/mol. The number of aliphatic hydroxyl groups is 1. The number of aryl methyl sites for hydroxylation is 1. The molecule has 0 fully saturated rings. The summed E-state index contributed by atoms with van der Waals surface area (Å²) in [6.45, 7) is 1.92. The zero-order chi connectivity index (χ0) is 9.84. The van der Waals surface area contributed by atoms with Crippen LogP contribution in [0.3, 0.4) is 0 Å². The van der Waals surface area contributed by atoms with Crippen molar-refractivity contribution in [1.29, 1.82) is 0 Å². The van der Waals surface area contributed by atoms with Crippen molar-refractivity contribution in [1.82, 2.24) is 4.98 Å². The van der Waals surface area contributed by atoms with Crippen LogP contribution >= 0.6 is 12.2 Å². The molecule has 70 valence electrons. The van der Waals surface area contributed by atoms with E-state index in [0.29, 0.717) is 17.1 Å². The van der Waals surface area contributed by atoms with E-state index in [1.54, 1.807) is 6.20 Å². The normalized spacial score (nSPS) is 10.0. The Balaban J connectivity index is 2.91. The summed E-state index contributed by atoms with van der Waals surface area (Å²) in [6.07, 6.45) is 2.28. The standard InChI is InChI=1S/C9H12N2OS/c1-6-2-8(5-12)11-4-7(6)3-9(10)13/h2,4,12H,3,5H2,1H3,(H2,10,13). The van der Waals surface area contributed by atoms with Crippen molar-refractivity contribution in [3.8, 4) is 0 Å². The number of hydrogen-bond acceptors (Lipinski definition) is 3. The first-order valence-electron chi connectivity index (χ1n) is 3.97. The Morgan fingerprint density at radius 1 is 1.69 bits per heavy atom. The van der Waals surface area contributed by atoms with E-state index in [2.05, 4.69) is 4.98 Å². The molecule has 3 nitrogen and oxygen atoms in total. The summed E-state index contributed by atoms with van der Waals surface area (Å²) in [6, 6.07) is 1.84. The Labute approximate surface area is 82.6 Å². The molecule has 1 aromatic heterocycles. The molecule has 0 aliphatic rings. The van der Waals surface area contributed by atoms with E-state index in [0.717, 1.165) is 11.1 Å². The highest BCUT2D eigenvalue weighted by Crippen LogP contribution is 2.09. The maximum atomic E-state index is 8.82. The van der Waals surface area contributed by atoms with E-state index in [1.807, 2.05) is 13.0 Å². The average Bonchev–Trinajstić information content (AvgIpc) is 2.08. The molecule has 0 spiro atoms. The largest absolute Gasteiger partial charge is 0.393 e. The van der Waals surface area contributed by atoms with Crippen LogP contribution in [0.2, 0.25) is 0 Å². The Hall–Kier alpha value is -1.00. The Morgan fingerprint density at radius 3 is 2.85 bits per heavy atom. The molecule has 0 aliphatic carbocycles. The fraction of sp³-hybridized carbons (Fsp3) is 0.333. The molecule has 0 radical (unpaired) electrons. The molecule has 1 heterocycles. The number of nitrogens with two attached hydrogens (primary N) is 1. The lowest BCUT2D eigenvalue weighted by atomic mass is 10.1. The second-order valence-corrected chi connectivity index (χ2v) is 3.43. The van der Waals surface area contributed by atoms with Crippen LogP contribution in [0, 0.1) is 6.92 Å². The molecule has 0 amide bonds. The van der Waals surface area contributed by atoms with Crippen LogP contribution in [0.4, 0.5) is 0 Å². The first-order chi connectivity index (χ1) is 6.13. The van der Waals surface area contributed by atoms with Crippen molar-refractivity contribution in [3.05, 3.63) is 29.1 Å². The monoisotopic (exact) mass is 196 g/mol. The molecule has 1 aromatic rings. The maximum absolute atomic E-state index is 8.82. The van der Waals surface area contributed by atoms with Gasteiger partial charge in [-0.1, -0.05) is 12.2 Å². The van der Waals surface area contributed by atoms with Gasteiger partial charge < -0.3 is 10.8 Å². The molecule has 4 heteroatoms. The molecule has 0 saturated heterocycles. The third-order valence-corrected chi connectivity index (χ3v) is 1.95. The highest BCUT2D eigenvalue weighted by atomic mass is 32.1. The molecular formula is C9H12N2OS. The SMILES string of the molecule is Cc1cc(CO)ncc1CC(N)=S. The molecular weight excluding hydrogens is 184 g/mol. The minimum absolute atomic E-state index is 0.0335. The molecule has 0 bridgehead atoms. The second kappa shape index (κ2) is 4.30. The minimum Gasteiger partial charge on any atom is -0.393 e. The van der Waals surface area contributed by atoms with Gasteiger partial charge in [0.2, 0.25) is 0 Å². The number of thiocarbonyl (C=S) groups is 1. The Kier molecular flexibility index (Phi) is 3.33. The fourth-order valence-electron chi connectivity index (χ4n) is 1.10. The molecule has 3 N–H and O–H groups in total. The fourth-order valence-corrected chi connectivity index (χ4v) is 1.26. The third-order valence-electron chi connectivity index (χ3n) is 1.80. The number of aliphatic hydroxyl groups excluding tert-OH is 1. The Morgan fingerprint density at radius 2 is 2.38 bits per heavy atom. The van der Waals surface area contributed by atoms with Crippen molar-refractivity contribution in [2.45, 2.75) is 20.0 Å². The first-order valence-corrected chi connectivity index (χ1v) is 4.38. The lowest BCUT2D eigenvalue weighted by molar-refractivity contribution is 0.276. The van der Waals surface area contributed by atoms with E-state index in [4.69, 9.17) is 23.1 Å². The lowest BCUT2D eigenvalue weighted by Crippen LogP contribution is -2.12. The van der Waals surface area contributed by atoms with Crippen LogP contribution < -0.4 is 5.73 Å². The van der Waals surface area contributed by atoms with Crippen LogP contribution in [-0.2, 0) is 13.0 Å². The highest BCUT2D eigenvalue weighted by Gasteiger charge is 2.01. The van der Waals surface area contributed by atoms with Gasteiger partial charge in [-0.25, -0.2) is 0 Å². The van der Waals surface area contributed by atoms with Crippen LogP contribution in [0.15, 0.2) is 12.3 Å². The van der Waals surface area contributed by atoms with Crippen LogP contribution in [-0.4, -0.2) is 15.1 Å². The van der Waals surface area contributed by atoms with E-state index in [1.165, 1.54) is 0 Å². The molecule has 0 aliphatic heterocycles. The number of aromatic nitrogens is 1. The van der Waals surface area contributed by atoms with Gasteiger partial charge in [0.25, 0.3) is 0 Å². The summed E-state index contributed by atoms with van der Waals surface area (Å²) < 4.78 is 0. The predicted octanol–water partition coefficient (Wildman–Crippen LogP) is 0.711. The number of nitrogens with zero attached hydrogens (tertiary/aromatic N) is 1. The van der Waals surface area contributed by atoms with Gasteiger partial charge in [-0.05, 0) is 24.1 Å². The van der Waals surface area contributed by atoms with E-state index < -0.39 is 0 Å². The van der Waals surface area contributed by atoms with Gasteiger partial charge in [-0.15, -0.1) is 0 Å². The summed E-state index contributed by atoms with van der Waals surface area (Å²) >= 11 is 4.80. The van der Waals surface area contributed by atoms with Crippen LogP contribution in [0.25, 0.3) is 0 Å². The number of pyridine rings is 1. The topological polar surface area (TPSA) is 59.1 Å². The second-order valence-electron chi connectivity index (χ2n) is 2.90. The van der Waals surface area contributed by atoms with Gasteiger partial charge in [0.05, 0.1) is 17.3 Å². The van der Waals surface area contributed by atoms with Crippen molar-refractivity contribution in [3.63, 3.8) is 0 Å². The first kappa shape index (κ1) is 10.1. The summed E-state index contributed by atoms with van der Waals surface area (Å²) in [4.78, 5) is 4.51. The van der Waals surface area contributed by atoms with Gasteiger partial charge in [-0.2, -0.15) is 0 Å². The van der Waals surface area contributed by atoms with E-state index in [-0.39, 0.29) is 6.61 Å². The Bertz CT molecular complexity index is 325. The van der Waals surface area contributed by atoms with Crippen molar-refractivity contribution in [2.75, 3.05) is 0 Å². The molecule has 0 unspecified atom stereocenters. The number of rotatable bonds is 3. The van der Waals surface area contributed by atoms with Gasteiger partial charge in [0, 0.05) is 12.6 Å². The quantitative estimate of drug-likeness (QED) is 0.699. The van der Waals surface area contributed by atoms with Gasteiger partial charge >= 0.3 is 0 Å². The molecule has 0 saturated carbocycles. The maximum Gasteiger partial charge on any atom is 0.0853 e. The molecule has 0 atom stereocenters. The van der Waals surface area contributed by atoms with Crippen LogP contribution in [0.1, 0.15) is 16.8 Å². The summed E-state index contributed by atoms with van der Waals surface area (Å²) in [5.41, 5.74) is 8.17. The van der Waals surface area contributed by atoms with Crippen molar-refractivity contribution in [2.24, 2.45) is 5.73 Å². The minimum atomic E-state index is -0.0335. The lowest BCUT2D eigenvalue weighted by Gasteiger charge is -2.05. The summed E-state index contributed by atoms with van der Waals surface area (Å²) in [7, 11) is 0. The summed E-state index contributed by atoms with van der Waals surface area (Å²) in [5, 5.41) is 8.82. The third kappa shape index (κ3) is 2.75. The zero-order valence-corrected chi connectivity index (χ0v) is 8.27. The molecule has 0 aromatic carbocycles. The van der Waals surface area contributed by atoms with Crippen molar-refractivity contribution >= 4 is 17.2 Å². The number of hydrogen-bond donors (Lipinski definition) is 2. The predicted molar refractivity (Wildman–Crippen MR) is 55.4 cm³/mol. The van der Waals surface area contributed by atoms with Crippen molar-refractivity contribution < 1.29 is 5.11 Å².